The fourth-order valence-electron chi connectivity index (χ4n) is 3.08. The number of urea groups is 1. The lowest BCUT2D eigenvalue weighted by Crippen LogP contribution is -2.29. The molecule has 2 N–H and O–H groups in total. The zero-order valence-electron chi connectivity index (χ0n) is 16.1. The number of amides is 2. The molecule has 0 saturated carbocycles. The van der Waals surface area contributed by atoms with Gasteiger partial charge in [0.25, 0.3) is 0 Å². The van der Waals surface area contributed by atoms with Crippen molar-refractivity contribution in [2.45, 2.75) is 12.7 Å². The normalized spacial score (nSPS) is 11.6. The zero-order valence-corrected chi connectivity index (χ0v) is 16.9. The van der Waals surface area contributed by atoms with Gasteiger partial charge in [-0.15, -0.1) is 0 Å². The molecule has 160 valence electrons. The van der Waals surface area contributed by atoms with E-state index in [2.05, 4.69) is 20.8 Å². The van der Waals surface area contributed by atoms with E-state index >= 15 is 0 Å². The summed E-state index contributed by atoms with van der Waals surface area (Å²) in [7, 11) is 1.78. The Morgan fingerprint density at radius 1 is 1.16 bits per heavy atom. The predicted molar refractivity (Wildman–Crippen MR) is 110 cm³/mol. The van der Waals surface area contributed by atoms with Crippen LogP contribution in [0.1, 0.15) is 11.4 Å². The molecule has 2 heterocycles. The molecule has 2 aromatic carbocycles. The number of alkyl halides is 3. The smallest absolute Gasteiger partial charge is 0.332 e. The van der Waals surface area contributed by atoms with Crippen molar-refractivity contribution in [3.63, 3.8) is 0 Å². The van der Waals surface area contributed by atoms with Gasteiger partial charge in [0.2, 0.25) is 0 Å². The summed E-state index contributed by atoms with van der Waals surface area (Å²) in [5, 5.41) is 14.3. The summed E-state index contributed by atoms with van der Waals surface area (Å²) in [4.78, 5) is 12.3. The number of carbonyl (C=O) groups excluding carboxylic acids is 1. The fourth-order valence-corrected chi connectivity index (χ4v) is 3.27. The first-order chi connectivity index (χ1) is 14.7. The van der Waals surface area contributed by atoms with Crippen molar-refractivity contribution in [3.8, 4) is 5.69 Å². The van der Waals surface area contributed by atoms with E-state index in [4.69, 9.17) is 11.6 Å². The molecule has 2 amide bonds. The van der Waals surface area contributed by atoms with Crippen LogP contribution in [0.5, 0.6) is 0 Å². The average molecular weight is 449 g/mol. The minimum absolute atomic E-state index is 0.145. The Morgan fingerprint density at radius 2 is 1.97 bits per heavy atom. The van der Waals surface area contributed by atoms with Gasteiger partial charge in [-0.2, -0.15) is 23.4 Å². The van der Waals surface area contributed by atoms with Crippen molar-refractivity contribution >= 4 is 34.2 Å². The number of aromatic nitrogens is 4. The molecular weight excluding hydrogens is 433 g/mol. The third-order valence-corrected chi connectivity index (χ3v) is 4.80. The fraction of sp³-hybridized carbons (Fsp3) is 0.150. The molecule has 4 rings (SSSR count). The largest absolute Gasteiger partial charge is 0.435 e. The van der Waals surface area contributed by atoms with Crippen LogP contribution in [0.4, 0.5) is 23.7 Å². The maximum Gasteiger partial charge on any atom is 0.435 e. The van der Waals surface area contributed by atoms with Crippen molar-refractivity contribution < 1.29 is 18.0 Å². The number of benzene rings is 2. The van der Waals surface area contributed by atoms with E-state index in [0.29, 0.717) is 16.4 Å². The highest BCUT2D eigenvalue weighted by Crippen LogP contribution is 2.30. The molecule has 0 aliphatic rings. The Morgan fingerprint density at radius 3 is 2.71 bits per heavy atom. The number of hydrogen-bond donors (Lipinski definition) is 2. The van der Waals surface area contributed by atoms with Crippen LogP contribution >= 0.6 is 11.6 Å². The van der Waals surface area contributed by atoms with Crippen LogP contribution in [-0.2, 0) is 19.8 Å². The van der Waals surface area contributed by atoms with Crippen LogP contribution in [0.25, 0.3) is 16.6 Å². The lowest BCUT2D eigenvalue weighted by Gasteiger charge is -2.10. The molecule has 2 aromatic heterocycles. The van der Waals surface area contributed by atoms with Gasteiger partial charge in [-0.1, -0.05) is 17.7 Å². The van der Waals surface area contributed by atoms with Crippen molar-refractivity contribution in [1.82, 2.24) is 24.9 Å². The van der Waals surface area contributed by atoms with Gasteiger partial charge in [0, 0.05) is 23.1 Å². The summed E-state index contributed by atoms with van der Waals surface area (Å²) in [6.07, 6.45) is -2.92. The lowest BCUT2D eigenvalue weighted by molar-refractivity contribution is -0.141. The molecule has 4 aromatic rings. The highest BCUT2D eigenvalue weighted by atomic mass is 35.5. The molecule has 11 heteroatoms. The van der Waals surface area contributed by atoms with Crippen LogP contribution in [0.2, 0.25) is 5.02 Å². The van der Waals surface area contributed by atoms with E-state index in [1.54, 1.807) is 48.3 Å². The summed E-state index contributed by atoms with van der Waals surface area (Å²) < 4.78 is 42.3. The van der Waals surface area contributed by atoms with Gasteiger partial charge in [0.1, 0.15) is 0 Å². The van der Waals surface area contributed by atoms with Crippen LogP contribution in [-0.4, -0.2) is 25.6 Å². The molecule has 7 nitrogen and oxygen atoms in total. The van der Waals surface area contributed by atoms with Crippen molar-refractivity contribution in [2.24, 2.45) is 7.05 Å². The molecule has 0 radical (unpaired) electrons. The minimum atomic E-state index is -4.63. The van der Waals surface area contributed by atoms with Crippen molar-refractivity contribution in [1.29, 1.82) is 0 Å². The summed E-state index contributed by atoms with van der Waals surface area (Å²) in [6.45, 7) is -0.185. The number of fused-ring (bicyclic) bond motifs is 1. The minimum Gasteiger partial charge on any atom is -0.332 e. The highest BCUT2D eigenvalue weighted by Gasteiger charge is 2.35. The van der Waals surface area contributed by atoms with Gasteiger partial charge in [-0.05, 0) is 42.5 Å². The topological polar surface area (TPSA) is 76.8 Å². The Labute approximate surface area is 179 Å². The number of nitrogens with zero attached hydrogens (tertiary/aromatic N) is 4. The number of halogens is 4. The van der Waals surface area contributed by atoms with Gasteiger partial charge in [-0.25, -0.2) is 9.48 Å². The van der Waals surface area contributed by atoms with Gasteiger partial charge in [0.15, 0.2) is 5.69 Å². The monoisotopic (exact) mass is 448 g/mol. The second-order valence-electron chi connectivity index (χ2n) is 6.76. The molecule has 0 aliphatic heterocycles. The summed E-state index contributed by atoms with van der Waals surface area (Å²) in [5.74, 6) is 0. The zero-order chi connectivity index (χ0) is 22.2. The van der Waals surface area contributed by atoms with Crippen LogP contribution in [0.15, 0.2) is 54.7 Å². The molecule has 0 spiro atoms. The van der Waals surface area contributed by atoms with Crippen molar-refractivity contribution in [2.75, 3.05) is 5.32 Å². The lowest BCUT2D eigenvalue weighted by atomic mass is 10.2. The van der Waals surface area contributed by atoms with E-state index in [0.717, 1.165) is 21.7 Å². The first-order valence-electron chi connectivity index (χ1n) is 9.09. The molecule has 0 fully saturated rings. The Hall–Kier alpha value is -3.53. The third-order valence-electron chi connectivity index (χ3n) is 4.56. The Balaban J connectivity index is 1.53. The quantitative estimate of drug-likeness (QED) is 0.473. The molecule has 0 atom stereocenters. The van der Waals surface area contributed by atoms with Crippen molar-refractivity contribution in [3.05, 3.63) is 71.1 Å². The number of rotatable bonds is 4. The summed E-state index contributed by atoms with van der Waals surface area (Å²) in [5.41, 5.74) is 0.777. The number of carbonyl (C=O) groups is 1. The molecule has 0 saturated heterocycles. The van der Waals surface area contributed by atoms with E-state index < -0.39 is 17.9 Å². The first-order valence-corrected chi connectivity index (χ1v) is 9.47. The highest BCUT2D eigenvalue weighted by molar-refractivity contribution is 6.30. The maximum absolute atomic E-state index is 13.2. The second-order valence-corrected chi connectivity index (χ2v) is 7.20. The number of nitrogens with one attached hydrogen (secondary N) is 2. The Kier molecular flexibility index (Phi) is 5.32. The number of aryl methyl sites for hydroxylation is 1. The third kappa shape index (κ3) is 4.48. The second kappa shape index (κ2) is 7.95. The summed E-state index contributed by atoms with van der Waals surface area (Å²) >= 11 is 5.96. The molecule has 0 unspecified atom stereocenters. The van der Waals surface area contributed by atoms with E-state index in [9.17, 15) is 18.0 Å². The van der Waals surface area contributed by atoms with Gasteiger partial charge in [-0.3, -0.25) is 4.68 Å². The van der Waals surface area contributed by atoms with Gasteiger partial charge < -0.3 is 10.6 Å². The van der Waals surface area contributed by atoms with Gasteiger partial charge >= 0.3 is 12.2 Å². The molecule has 31 heavy (non-hydrogen) atoms. The molecular formula is C20H16ClF3N6O. The van der Waals surface area contributed by atoms with Crippen LogP contribution in [0.3, 0.4) is 0 Å². The standard InChI is InChI=1S/C20H16ClF3N6O/c1-29-17-8-14(6-5-12(17)10-26-29)27-19(31)25-11-16-9-18(20(22,23)24)28-30(16)15-4-2-3-13(21)7-15/h2-10H,11H2,1H3,(H2,25,27,31). The Bertz CT molecular complexity index is 1260. The first kappa shape index (κ1) is 20.7. The number of hydrogen-bond acceptors (Lipinski definition) is 3. The number of anilines is 1. The van der Waals surface area contributed by atoms with Gasteiger partial charge in [0.05, 0.1) is 29.6 Å². The maximum atomic E-state index is 13.2. The van der Waals surface area contributed by atoms with E-state index in [-0.39, 0.29) is 12.2 Å². The summed E-state index contributed by atoms with van der Waals surface area (Å²) in [6, 6.07) is 11.8. The predicted octanol–water partition coefficient (Wildman–Crippen LogP) is 4.75. The van der Waals surface area contributed by atoms with Crippen LogP contribution < -0.4 is 10.6 Å². The van der Waals surface area contributed by atoms with E-state index in [1.165, 1.54) is 6.07 Å². The van der Waals surface area contributed by atoms with E-state index in [1.807, 2.05) is 6.07 Å². The molecule has 0 bridgehead atoms. The SMILES string of the molecule is Cn1ncc2ccc(NC(=O)NCc3cc(C(F)(F)F)nn3-c3cccc(Cl)c3)cc21. The van der Waals surface area contributed by atoms with Crippen LogP contribution in [0, 0.1) is 0 Å². The average Bonchev–Trinajstić information content (AvgIpc) is 3.30. The molecule has 0 aliphatic carbocycles.